The molecule has 2 unspecified atom stereocenters. The van der Waals surface area contributed by atoms with Gasteiger partial charge in [-0.2, -0.15) is 0 Å². The fraction of sp³-hybridized carbons (Fsp3) is 0.227. The van der Waals surface area contributed by atoms with Gasteiger partial charge < -0.3 is 26.1 Å². The smallest absolute Gasteiger partial charge is 0.328 e. The van der Waals surface area contributed by atoms with Gasteiger partial charge in [-0.15, -0.1) is 0 Å². The number of nitrogens with one attached hydrogen (secondary N) is 3. The van der Waals surface area contributed by atoms with Gasteiger partial charge in [0.25, 0.3) is 0 Å². The molecule has 3 aromatic rings. The maximum atomic E-state index is 12.9. The second kappa shape index (κ2) is 9.60. The molecular weight excluding hydrogens is 384 g/mol. The number of nitrogens with two attached hydrogens (primary N) is 1. The number of fused-ring (bicyclic) bond motifs is 1. The Morgan fingerprint density at radius 1 is 0.967 bits per heavy atom. The third-order valence-corrected chi connectivity index (χ3v) is 4.82. The van der Waals surface area contributed by atoms with Crippen molar-refractivity contribution >= 4 is 28.8 Å². The van der Waals surface area contributed by atoms with Gasteiger partial charge in [0.05, 0.1) is 7.11 Å². The van der Waals surface area contributed by atoms with Gasteiger partial charge in [0.15, 0.2) is 0 Å². The molecule has 1 heterocycles. The summed E-state index contributed by atoms with van der Waals surface area (Å²) in [6, 6.07) is 14.2. The van der Waals surface area contributed by atoms with Crippen LogP contribution < -0.4 is 16.4 Å². The normalized spacial score (nSPS) is 12.7. The Morgan fingerprint density at radius 3 is 2.37 bits per heavy atom. The molecule has 30 heavy (non-hydrogen) atoms. The molecule has 0 radical (unpaired) electrons. The van der Waals surface area contributed by atoms with Crippen LogP contribution in [0, 0.1) is 0 Å². The lowest BCUT2D eigenvalue weighted by molar-refractivity contribution is -0.145. The molecule has 0 aliphatic heterocycles. The van der Waals surface area contributed by atoms with E-state index in [4.69, 9.17) is 10.5 Å². The second-order valence-electron chi connectivity index (χ2n) is 6.90. The Bertz CT molecular complexity index is 1030. The highest BCUT2D eigenvalue weighted by molar-refractivity contribution is 5.91. The molecule has 156 valence electrons. The number of aromatic amines is 1. The van der Waals surface area contributed by atoms with E-state index in [0.717, 1.165) is 22.0 Å². The molecule has 0 aliphatic rings. The standard InChI is InChI=1S/C22H24N4O4/c1-30-21(28)19(12-15-13-24-17-10-6-5-9-16(15)17)25-20(27)18(26-22(23)29)11-14-7-3-2-4-8-14/h2-10,13,18-19,24H,11-12H2,1H3,(H,25,27)(H3,23,26,29). The highest BCUT2D eigenvalue weighted by Crippen LogP contribution is 2.19. The number of ether oxygens (including phenoxy) is 1. The third kappa shape index (κ3) is 5.16. The number of carbonyl (C=O) groups is 3. The minimum atomic E-state index is -0.931. The highest BCUT2D eigenvalue weighted by Gasteiger charge is 2.28. The summed E-state index contributed by atoms with van der Waals surface area (Å²) < 4.78 is 4.88. The third-order valence-electron chi connectivity index (χ3n) is 4.82. The van der Waals surface area contributed by atoms with Crippen molar-refractivity contribution in [2.24, 2.45) is 5.73 Å². The Hall–Kier alpha value is -3.81. The predicted octanol–water partition coefficient (Wildman–Crippen LogP) is 1.65. The molecule has 0 bridgehead atoms. The van der Waals surface area contributed by atoms with E-state index in [2.05, 4.69) is 15.6 Å². The highest BCUT2D eigenvalue weighted by atomic mass is 16.5. The molecule has 3 amide bonds. The quantitative estimate of drug-likeness (QED) is 0.423. The lowest BCUT2D eigenvalue weighted by atomic mass is 10.0. The summed E-state index contributed by atoms with van der Waals surface area (Å²) in [6.45, 7) is 0. The van der Waals surface area contributed by atoms with Crippen molar-refractivity contribution in [3.63, 3.8) is 0 Å². The van der Waals surface area contributed by atoms with E-state index in [1.165, 1.54) is 7.11 Å². The van der Waals surface area contributed by atoms with E-state index in [1.807, 2.05) is 54.6 Å². The number of urea groups is 1. The largest absolute Gasteiger partial charge is 0.467 e. The molecular formula is C22H24N4O4. The van der Waals surface area contributed by atoms with Crippen molar-refractivity contribution in [3.8, 4) is 0 Å². The van der Waals surface area contributed by atoms with Crippen LogP contribution >= 0.6 is 0 Å². The number of rotatable bonds is 8. The molecule has 5 N–H and O–H groups in total. The van der Waals surface area contributed by atoms with Gasteiger partial charge in [-0.25, -0.2) is 9.59 Å². The molecule has 0 aliphatic carbocycles. The first-order valence-corrected chi connectivity index (χ1v) is 9.51. The first kappa shape index (κ1) is 20.9. The van der Waals surface area contributed by atoms with E-state index in [1.54, 1.807) is 6.20 Å². The fourth-order valence-electron chi connectivity index (χ4n) is 3.36. The maximum absolute atomic E-state index is 12.9. The van der Waals surface area contributed by atoms with Crippen molar-refractivity contribution in [1.29, 1.82) is 0 Å². The average molecular weight is 408 g/mol. The lowest BCUT2D eigenvalue weighted by Gasteiger charge is -2.22. The SMILES string of the molecule is COC(=O)C(Cc1c[nH]c2ccccc12)NC(=O)C(Cc1ccccc1)NC(N)=O. The van der Waals surface area contributed by atoms with Gasteiger partial charge in [0.2, 0.25) is 5.91 Å². The number of esters is 1. The van der Waals surface area contributed by atoms with Crippen LogP contribution in [0.1, 0.15) is 11.1 Å². The summed E-state index contributed by atoms with van der Waals surface area (Å²) >= 11 is 0. The summed E-state index contributed by atoms with van der Waals surface area (Å²) in [4.78, 5) is 39.8. The second-order valence-corrected chi connectivity index (χ2v) is 6.90. The molecule has 2 aromatic carbocycles. The Morgan fingerprint density at radius 2 is 1.67 bits per heavy atom. The van der Waals surface area contributed by atoms with Crippen LogP contribution in [0.5, 0.6) is 0 Å². The molecule has 8 heteroatoms. The summed E-state index contributed by atoms with van der Waals surface area (Å²) in [7, 11) is 1.26. The van der Waals surface area contributed by atoms with Crippen molar-refractivity contribution in [3.05, 3.63) is 71.9 Å². The number of aromatic nitrogens is 1. The summed E-state index contributed by atoms with van der Waals surface area (Å²) in [6.07, 6.45) is 2.27. The number of hydrogen-bond donors (Lipinski definition) is 4. The average Bonchev–Trinajstić information content (AvgIpc) is 3.15. The molecule has 2 atom stereocenters. The zero-order chi connectivity index (χ0) is 21.5. The number of H-pyrrole nitrogens is 1. The number of benzene rings is 2. The molecule has 0 saturated carbocycles. The fourth-order valence-corrected chi connectivity index (χ4v) is 3.36. The number of para-hydroxylation sites is 1. The van der Waals surface area contributed by atoms with E-state index in [0.29, 0.717) is 0 Å². The predicted molar refractivity (Wildman–Crippen MR) is 113 cm³/mol. The molecule has 0 saturated heterocycles. The minimum Gasteiger partial charge on any atom is -0.467 e. The number of carbonyl (C=O) groups excluding carboxylic acids is 3. The molecule has 0 fully saturated rings. The number of amides is 3. The summed E-state index contributed by atoms with van der Waals surface area (Å²) in [5, 5.41) is 6.10. The first-order chi connectivity index (χ1) is 14.5. The van der Waals surface area contributed by atoms with Crippen LogP contribution in [0.4, 0.5) is 4.79 Å². The van der Waals surface area contributed by atoms with Crippen LogP contribution in [-0.4, -0.2) is 42.1 Å². The van der Waals surface area contributed by atoms with Gasteiger partial charge >= 0.3 is 12.0 Å². The molecule has 0 spiro atoms. The van der Waals surface area contributed by atoms with E-state index in [9.17, 15) is 14.4 Å². The van der Waals surface area contributed by atoms with Crippen molar-refractivity contribution in [2.45, 2.75) is 24.9 Å². The van der Waals surface area contributed by atoms with Crippen LogP contribution in [0.3, 0.4) is 0 Å². The summed E-state index contributed by atoms with van der Waals surface area (Å²) in [5.74, 6) is -1.10. The Balaban J connectivity index is 1.78. The van der Waals surface area contributed by atoms with Gasteiger partial charge in [-0.1, -0.05) is 48.5 Å². The lowest BCUT2D eigenvalue weighted by Crippen LogP contribution is -2.54. The molecule has 8 nitrogen and oxygen atoms in total. The van der Waals surface area contributed by atoms with Gasteiger partial charge in [0, 0.05) is 29.9 Å². The van der Waals surface area contributed by atoms with E-state index in [-0.39, 0.29) is 12.8 Å². The van der Waals surface area contributed by atoms with Gasteiger partial charge in [0.1, 0.15) is 12.1 Å². The van der Waals surface area contributed by atoms with Gasteiger partial charge in [-0.3, -0.25) is 4.79 Å². The van der Waals surface area contributed by atoms with Crippen molar-refractivity contribution in [2.75, 3.05) is 7.11 Å². The van der Waals surface area contributed by atoms with Crippen molar-refractivity contribution < 1.29 is 19.1 Å². The van der Waals surface area contributed by atoms with E-state index < -0.39 is 30.0 Å². The monoisotopic (exact) mass is 408 g/mol. The van der Waals surface area contributed by atoms with Gasteiger partial charge in [-0.05, 0) is 17.2 Å². The number of primary amides is 1. The van der Waals surface area contributed by atoms with Crippen LogP contribution in [0.15, 0.2) is 60.8 Å². The molecule has 1 aromatic heterocycles. The van der Waals surface area contributed by atoms with Crippen LogP contribution in [-0.2, 0) is 27.2 Å². The number of hydrogen-bond acceptors (Lipinski definition) is 4. The number of methoxy groups -OCH3 is 1. The Kier molecular flexibility index (Phi) is 6.69. The first-order valence-electron chi connectivity index (χ1n) is 9.51. The summed E-state index contributed by atoms with van der Waals surface area (Å²) in [5.41, 5.74) is 7.89. The zero-order valence-electron chi connectivity index (χ0n) is 16.6. The minimum absolute atomic E-state index is 0.233. The maximum Gasteiger partial charge on any atom is 0.328 e. The Labute approximate surface area is 173 Å². The van der Waals surface area contributed by atoms with E-state index >= 15 is 0 Å². The van der Waals surface area contributed by atoms with Crippen molar-refractivity contribution in [1.82, 2.24) is 15.6 Å². The van der Waals surface area contributed by atoms with Crippen LogP contribution in [0.2, 0.25) is 0 Å². The van der Waals surface area contributed by atoms with Crippen LogP contribution in [0.25, 0.3) is 10.9 Å². The topological polar surface area (TPSA) is 126 Å². The molecule has 3 rings (SSSR count). The zero-order valence-corrected chi connectivity index (χ0v) is 16.6.